The minimum Gasteiger partial charge on any atom is -0.386 e. The summed E-state index contributed by atoms with van der Waals surface area (Å²) >= 11 is 0. The van der Waals surface area contributed by atoms with Crippen LogP contribution in [0.1, 0.15) is 19.4 Å². The summed E-state index contributed by atoms with van der Waals surface area (Å²) in [7, 11) is 0. The normalized spacial score (nSPS) is 12.1. The van der Waals surface area contributed by atoms with Crippen molar-refractivity contribution in [3.63, 3.8) is 0 Å². The number of aromatic nitrogens is 4. The number of hydrogen-bond acceptors (Lipinski definition) is 3. The highest BCUT2D eigenvalue weighted by atomic mass is 19.1. The van der Waals surface area contributed by atoms with Crippen molar-refractivity contribution >= 4 is 16.6 Å². The molecule has 4 aromatic heterocycles. The fraction of sp³-hybridized carbons (Fsp3) is 0.130. The van der Waals surface area contributed by atoms with Gasteiger partial charge in [0.05, 0.1) is 23.2 Å². The lowest BCUT2D eigenvalue weighted by Gasteiger charge is -2.19. The molecule has 5 aromatic rings. The second kappa shape index (κ2) is 6.25. The molecule has 1 aromatic carbocycles. The SMILES string of the molecule is CC(C)(O)c1cc(-c2ccc3nc(-c4ccc5cc[nH]c5c4)cn3c2)ncc1F. The molecule has 0 spiro atoms. The largest absolute Gasteiger partial charge is 0.386 e. The highest BCUT2D eigenvalue weighted by Gasteiger charge is 2.22. The summed E-state index contributed by atoms with van der Waals surface area (Å²) < 4.78 is 16.0. The van der Waals surface area contributed by atoms with Gasteiger partial charge in [0.2, 0.25) is 0 Å². The number of rotatable bonds is 3. The minimum atomic E-state index is -1.29. The van der Waals surface area contributed by atoms with E-state index in [9.17, 15) is 9.50 Å². The van der Waals surface area contributed by atoms with Crippen LogP contribution >= 0.6 is 0 Å². The molecule has 0 saturated heterocycles. The third-order valence-corrected chi connectivity index (χ3v) is 5.11. The lowest BCUT2D eigenvalue weighted by Crippen LogP contribution is -2.18. The Labute approximate surface area is 166 Å². The Morgan fingerprint density at radius 2 is 1.83 bits per heavy atom. The molecule has 5 nitrogen and oxygen atoms in total. The monoisotopic (exact) mass is 386 g/mol. The van der Waals surface area contributed by atoms with E-state index in [0.717, 1.165) is 39.6 Å². The zero-order chi connectivity index (χ0) is 20.2. The summed E-state index contributed by atoms with van der Waals surface area (Å²) in [5.74, 6) is -0.521. The summed E-state index contributed by atoms with van der Waals surface area (Å²) in [5, 5.41) is 11.4. The first kappa shape index (κ1) is 17.6. The Bertz CT molecular complexity index is 1360. The Kier molecular flexibility index (Phi) is 3.79. The van der Waals surface area contributed by atoms with E-state index in [1.54, 1.807) is 19.9 Å². The van der Waals surface area contributed by atoms with E-state index in [-0.39, 0.29) is 5.56 Å². The predicted octanol–water partition coefficient (Wildman–Crippen LogP) is 4.91. The molecular weight excluding hydrogens is 367 g/mol. The zero-order valence-corrected chi connectivity index (χ0v) is 16.0. The zero-order valence-electron chi connectivity index (χ0n) is 16.0. The third kappa shape index (κ3) is 3.07. The standard InChI is InChI=1S/C23H19FN4O/c1-23(2,29)17-10-20(26-11-18(17)24)16-5-6-22-27-21(13-28(22)12-16)15-4-3-14-7-8-25-19(14)9-15/h3-13,25,29H,1-2H3. The van der Waals surface area contributed by atoms with E-state index in [2.05, 4.69) is 28.2 Å². The highest BCUT2D eigenvalue weighted by molar-refractivity contribution is 5.84. The van der Waals surface area contributed by atoms with Crippen LogP contribution in [0.4, 0.5) is 4.39 Å². The molecule has 0 bridgehead atoms. The Morgan fingerprint density at radius 3 is 2.66 bits per heavy atom. The molecule has 0 unspecified atom stereocenters. The molecule has 0 radical (unpaired) electrons. The molecule has 144 valence electrons. The molecule has 0 atom stereocenters. The van der Waals surface area contributed by atoms with Crippen LogP contribution in [0.5, 0.6) is 0 Å². The van der Waals surface area contributed by atoms with Crippen molar-refractivity contribution in [2.24, 2.45) is 0 Å². The van der Waals surface area contributed by atoms with Crippen molar-refractivity contribution in [3.05, 3.63) is 78.6 Å². The first-order valence-electron chi connectivity index (χ1n) is 9.33. The quantitative estimate of drug-likeness (QED) is 0.463. The molecule has 6 heteroatoms. The number of imidazole rings is 1. The smallest absolute Gasteiger partial charge is 0.147 e. The van der Waals surface area contributed by atoms with Gasteiger partial charge in [0.25, 0.3) is 0 Å². The minimum absolute atomic E-state index is 0.216. The van der Waals surface area contributed by atoms with E-state index < -0.39 is 11.4 Å². The molecule has 0 aliphatic rings. The Hall–Kier alpha value is -3.51. The van der Waals surface area contributed by atoms with E-state index in [4.69, 9.17) is 4.98 Å². The number of aliphatic hydroxyl groups is 1. The van der Waals surface area contributed by atoms with E-state index >= 15 is 0 Å². The average molecular weight is 386 g/mol. The molecule has 4 heterocycles. The molecule has 0 saturated carbocycles. The maximum atomic E-state index is 14.1. The Morgan fingerprint density at radius 1 is 1.00 bits per heavy atom. The Balaban J connectivity index is 1.58. The van der Waals surface area contributed by atoms with Crippen LogP contribution in [0.2, 0.25) is 0 Å². The second-order valence-electron chi connectivity index (χ2n) is 7.70. The number of pyridine rings is 2. The number of benzene rings is 1. The van der Waals surface area contributed by atoms with E-state index in [0.29, 0.717) is 5.69 Å². The molecule has 29 heavy (non-hydrogen) atoms. The predicted molar refractivity (Wildman–Crippen MR) is 111 cm³/mol. The third-order valence-electron chi connectivity index (χ3n) is 5.11. The van der Waals surface area contributed by atoms with Gasteiger partial charge in [0, 0.05) is 40.8 Å². The number of aromatic amines is 1. The topological polar surface area (TPSA) is 66.2 Å². The average Bonchev–Trinajstić information content (AvgIpc) is 3.32. The first-order valence-corrected chi connectivity index (χ1v) is 9.33. The van der Waals surface area contributed by atoms with Crippen LogP contribution in [0.25, 0.3) is 39.1 Å². The van der Waals surface area contributed by atoms with E-state index in [1.165, 1.54) is 0 Å². The summed E-state index contributed by atoms with van der Waals surface area (Å²) in [6, 6.07) is 13.6. The summed E-state index contributed by atoms with van der Waals surface area (Å²) in [4.78, 5) is 12.1. The molecule has 2 N–H and O–H groups in total. The molecule has 0 aliphatic carbocycles. The van der Waals surface area contributed by atoms with E-state index in [1.807, 2.05) is 41.2 Å². The van der Waals surface area contributed by atoms with Gasteiger partial charge in [-0.05, 0) is 49.6 Å². The number of nitrogens with one attached hydrogen (secondary N) is 1. The van der Waals surface area contributed by atoms with Crippen LogP contribution < -0.4 is 0 Å². The van der Waals surface area contributed by atoms with Gasteiger partial charge >= 0.3 is 0 Å². The van der Waals surface area contributed by atoms with Gasteiger partial charge in [0.1, 0.15) is 11.5 Å². The van der Waals surface area contributed by atoms with Gasteiger partial charge in [-0.25, -0.2) is 9.37 Å². The summed E-state index contributed by atoms with van der Waals surface area (Å²) in [5.41, 5.74) is 4.09. The molecule has 0 aliphatic heterocycles. The lowest BCUT2D eigenvalue weighted by atomic mass is 9.97. The van der Waals surface area contributed by atoms with Crippen molar-refractivity contribution in [2.75, 3.05) is 0 Å². The lowest BCUT2D eigenvalue weighted by molar-refractivity contribution is 0.0744. The fourth-order valence-corrected chi connectivity index (χ4v) is 3.55. The molecule has 0 amide bonds. The van der Waals surface area contributed by atoms with Crippen molar-refractivity contribution in [1.82, 2.24) is 19.4 Å². The second-order valence-corrected chi connectivity index (χ2v) is 7.70. The maximum Gasteiger partial charge on any atom is 0.147 e. The van der Waals surface area contributed by atoms with Gasteiger partial charge in [-0.15, -0.1) is 0 Å². The van der Waals surface area contributed by atoms with Crippen molar-refractivity contribution in [2.45, 2.75) is 19.4 Å². The number of nitrogens with zero attached hydrogens (tertiary/aromatic N) is 3. The maximum absolute atomic E-state index is 14.1. The molecule has 0 fully saturated rings. The van der Waals surface area contributed by atoms with Crippen LogP contribution in [0.15, 0.2) is 67.3 Å². The van der Waals surface area contributed by atoms with Crippen LogP contribution in [-0.4, -0.2) is 24.5 Å². The van der Waals surface area contributed by atoms with Gasteiger partial charge in [0.15, 0.2) is 0 Å². The van der Waals surface area contributed by atoms with Gasteiger partial charge in [-0.3, -0.25) is 4.98 Å². The van der Waals surface area contributed by atoms with Gasteiger partial charge < -0.3 is 14.5 Å². The highest BCUT2D eigenvalue weighted by Crippen LogP contribution is 2.28. The van der Waals surface area contributed by atoms with Crippen molar-refractivity contribution in [1.29, 1.82) is 0 Å². The van der Waals surface area contributed by atoms with Gasteiger partial charge in [-0.1, -0.05) is 12.1 Å². The summed E-state index contributed by atoms with van der Waals surface area (Å²) in [6.07, 6.45) is 6.94. The van der Waals surface area contributed by atoms with Crippen LogP contribution in [0, 0.1) is 5.82 Å². The number of fused-ring (bicyclic) bond motifs is 2. The van der Waals surface area contributed by atoms with Gasteiger partial charge in [-0.2, -0.15) is 0 Å². The molecular formula is C23H19FN4O. The number of hydrogen-bond donors (Lipinski definition) is 2. The molecule has 5 rings (SSSR count). The number of halogens is 1. The number of H-pyrrole nitrogens is 1. The summed E-state index contributed by atoms with van der Waals surface area (Å²) in [6.45, 7) is 3.11. The van der Waals surface area contributed by atoms with Crippen molar-refractivity contribution < 1.29 is 9.50 Å². The van der Waals surface area contributed by atoms with Crippen LogP contribution in [-0.2, 0) is 5.60 Å². The first-order chi connectivity index (χ1) is 13.9. The van der Waals surface area contributed by atoms with Crippen LogP contribution in [0.3, 0.4) is 0 Å². The van der Waals surface area contributed by atoms with Crippen molar-refractivity contribution in [3.8, 4) is 22.5 Å². The fourth-order valence-electron chi connectivity index (χ4n) is 3.55.